The molecule has 0 aliphatic heterocycles. The van der Waals surface area contributed by atoms with Crippen LogP contribution >= 0.6 is 0 Å². The average Bonchev–Trinajstić information content (AvgIpc) is 2.49. The second kappa shape index (κ2) is 6.75. The van der Waals surface area contributed by atoms with Crippen LogP contribution < -0.4 is 9.47 Å². The van der Waals surface area contributed by atoms with Crippen LogP contribution in [0.3, 0.4) is 0 Å². The standard InChI is InChI=1S/C17H18O3/c1-3-20-15-10-8-13(9-11-15)16(18)12-14-6-4-5-7-17(14)19-2/h4-11H,3,12H2,1-2H3. The van der Waals surface area contributed by atoms with E-state index in [4.69, 9.17) is 9.47 Å². The molecule has 0 fully saturated rings. The highest BCUT2D eigenvalue weighted by atomic mass is 16.5. The Kier molecular flexibility index (Phi) is 4.77. The van der Waals surface area contributed by atoms with Gasteiger partial charge in [-0.1, -0.05) is 18.2 Å². The lowest BCUT2D eigenvalue weighted by atomic mass is 10.0. The van der Waals surface area contributed by atoms with Gasteiger partial charge in [-0.3, -0.25) is 4.79 Å². The first kappa shape index (κ1) is 14.1. The van der Waals surface area contributed by atoms with Crippen LogP contribution in [0, 0.1) is 0 Å². The zero-order valence-corrected chi connectivity index (χ0v) is 11.8. The highest BCUT2D eigenvalue weighted by Crippen LogP contribution is 2.20. The molecule has 0 heterocycles. The van der Waals surface area contributed by atoms with Crippen LogP contribution in [-0.4, -0.2) is 19.5 Å². The number of ketones is 1. The average molecular weight is 270 g/mol. The van der Waals surface area contributed by atoms with Crippen LogP contribution in [0.15, 0.2) is 48.5 Å². The molecule has 0 aliphatic rings. The zero-order valence-electron chi connectivity index (χ0n) is 11.8. The number of hydrogen-bond acceptors (Lipinski definition) is 3. The molecule has 3 heteroatoms. The number of methoxy groups -OCH3 is 1. The predicted octanol–water partition coefficient (Wildman–Crippen LogP) is 3.52. The molecule has 0 aromatic heterocycles. The number of benzene rings is 2. The Morgan fingerprint density at radius 2 is 1.75 bits per heavy atom. The minimum atomic E-state index is 0.0672. The molecule has 0 saturated carbocycles. The van der Waals surface area contributed by atoms with Gasteiger partial charge in [0.15, 0.2) is 5.78 Å². The van der Waals surface area contributed by atoms with Crippen LogP contribution in [0.25, 0.3) is 0 Å². The molecule has 104 valence electrons. The van der Waals surface area contributed by atoms with Gasteiger partial charge in [-0.2, -0.15) is 0 Å². The number of ether oxygens (including phenoxy) is 2. The summed E-state index contributed by atoms with van der Waals surface area (Å²) in [6.07, 6.45) is 0.331. The van der Waals surface area contributed by atoms with Crippen molar-refractivity contribution in [2.45, 2.75) is 13.3 Å². The molecule has 0 bridgehead atoms. The molecule has 0 N–H and O–H groups in total. The Morgan fingerprint density at radius 1 is 1.05 bits per heavy atom. The molecule has 20 heavy (non-hydrogen) atoms. The summed E-state index contributed by atoms with van der Waals surface area (Å²) < 4.78 is 10.6. The number of Topliss-reactive ketones (excluding diaryl/α,β-unsaturated/α-hetero) is 1. The van der Waals surface area contributed by atoms with E-state index in [1.54, 1.807) is 19.2 Å². The minimum absolute atomic E-state index is 0.0672. The van der Waals surface area contributed by atoms with Gasteiger partial charge in [-0.15, -0.1) is 0 Å². The lowest BCUT2D eigenvalue weighted by Crippen LogP contribution is -2.05. The van der Waals surface area contributed by atoms with E-state index in [2.05, 4.69) is 0 Å². The molecular formula is C17H18O3. The minimum Gasteiger partial charge on any atom is -0.496 e. The Balaban J connectivity index is 2.11. The van der Waals surface area contributed by atoms with Gasteiger partial charge in [0.2, 0.25) is 0 Å². The highest BCUT2D eigenvalue weighted by Gasteiger charge is 2.10. The Labute approximate surface area is 119 Å². The topological polar surface area (TPSA) is 35.5 Å². The van der Waals surface area contributed by atoms with Gasteiger partial charge in [0.1, 0.15) is 11.5 Å². The summed E-state index contributed by atoms with van der Waals surface area (Å²) in [5.74, 6) is 1.59. The second-order valence-electron chi connectivity index (χ2n) is 4.37. The summed E-state index contributed by atoms with van der Waals surface area (Å²) in [5.41, 5.74) is 1.58. The molecule has 2 aromatic carbocycles. The monoisotopic (exact) mass is 270 g/mol. The van der Waals surface area contributed by atoms with Crippen molar-refractivity contribution in [3.05, 3.63) is 59.7 Å². The zero-order chi connectivity index (χ0) is 14.4. The Hall–Kier alpha value is -2.29. The molecule has 2 rings (SSSR count). The van der Waals surface area contributed by atoms with Crippen LogP contribution in [0.2, 0.25) is 0 Å². The van der Waals surface area contributed by atoms with Crippen molar-refractivity contribution in [2.24, 2.45) is 0 Å². The summed E-state index contributed by atoms with van der Waals surface area (Å²) in [6.45, 7) is 2.55. The van der Waals surface area contributed by atoms with E-state index < -0.39 is 0 Å². The fraction of sp³-hybridized carbons (Fsp3) is 0.235. The first-order valence-electron chi connectivity index (χ1n) is 6.62. The molecule has 0 spiro atoms. The maximum Gasteiger partial charge on any atom is 0.167 e. The van der Waals surface area contributed by atoms with Crippen LogP contribution in [0.5, 0.6) is 11.5 Å². The van der Waals surface area contributed by atoms with Gasteiger partial charge < -0.3 is 9.47 Å². The normalized spacial score (nSPS) is 10.1. The maximum absolute atomic E-state index is 12.3. The molecule has 3 nitrogen and oxygen atoms in total. The van der Waals surface area contributed by atoms with E-state index >= 15 is 0 Å². The van der Waals surface area contributed by atoms with Crippen molar-refractivity contribution >= 4 is 5.78 Å². The smallest absolute Gasteiger partial charge is 0.167 e. The van der Waals surface area contributed by atoms with Crippen molar-refractivity contribution in [3.63, 3.8) is 0 Å². The summed E-state index contributed by atoms with van der Waals surface area (Å²) in [4.78, 5) is 12.3. The van der Waals surface area contributed by atoms with Gasteiger partial charge in [0.05, 0.1) is 13.7 Å². The maximum atomic E-state index is 12.3. The van der Waals surface area contributed by atoms with Crippen molar-refractivity contribution in [2.75, 3.05) is 13.7 Å². The van der Waals surface area contributed by atoms with E-state index in [1.807, 2.05) is 43.3 Å². The third-order valence-corrected chi connectivity index (χ3v) is 3.03. The number of rotatable bonds is 6. The van der Waals surface area contributed by atoms with Crippen molar-refractivity contribution < 1.29 is 14.3 Å². The first-order valence-corrected chi connectivity index (χ1v) is 6.62. The van der Waals surface area contributed by atoms with Gasteiger partial charge in [-0.05, 0) is 37.3 Å². The van der Waals surface area contributed by atoms with E-state index in [1.165, 1.54) is 0 Å². The van der Waals surface area contributed by atoms with Gasteiger partial charge >= 0.3 is 0 Å². The van der Waals surface area contributed by atoms with E-state index in [0.29, 0.717) is 18.6 Å². The number of para-hydroxylation sites is 1. The van der Waals surface area contributed by atoms with E-state index in [-0.39, 0.29) is 5.78 Å². The fourth-order valence-electron chi connectivity index (χ4n) is 2.03. The third kappa shape index (κ3) is 3.38. The molecule has 0 unspecified atom stereocenters. The lowest BCUT2D eigenvalue weighted by Gasteiger charge is -2.08. The molecule has 0 radical (unpaired) electrons. The Bertz CT molecular complexity index is 573. The van der Waals surface area contributed by atoms with Crippen LogP contribution in [0.4, 0.5) is 0 Å². The second-order valence-corrected chi connectivity index (χ2v) is 4.37. The van der Waals surface area contributed by atoms with Gasteiger partial charge in [-0.25, -0.2) is 0 Å². The largest absolute Gasteiger partial charge is 0.496 e. The fourth-order valence-corrected chi connectivity index (χ4v) is 2.03. The summed E-state index contributed by atoms with van der Waals surface area (Å²) >= 11 is 0. The number of carbonyl (C=O) groups is 1. The molecular weight excluding hydrogens is 252 g/mol. The molecule has 0 atom stereocenters. The molecule has 0 aliphatic carbocycles. The van der Waals surface area contributed by atoms with E-state index in [0.717, 1.165) is 17.1 Å². The SMILES string of the molecule is CCOc1ccc(C(=O)Cc2ccccc2OC)cc1. The highest BCUT2D eigenvalue weighted by molar-refractivity contribution is 5.97. The number of carbonyl (C=O) groups excluding carboxylic acids is 1. The van der Waals surface area contributed by atoms with E-state index in [9.17, 15) is 4.79 Å². The van der Waals surface area contributed by atoms with Crippen molar-refractivity contribution in [3.8, 4) is 11.5 Å². The van der Waals surface area contributed by atoms with Crippen molar-refractivity contribution in [1.29, 1.82) is 0 Å². The summed E-state index contributed by atoms with van der Waals surface area (Å²) in [6, 6.07) is 14.8. The number of hydrogen-bond donors (Lipinski definition) is 0. The lowest BCUT2D eigenvalue weighted by molar-refractivity contribution is 0.0992. The molecule has 2 aromatic rings. The third-order valence-electron chi connectivity index (χ3n) is 3.03. The van der Waals surface area contributed by atoms with Crippen LogP contribution in [-0.2, 0) is 6.42 Å². The van der Waals surface area contributed by atoms with Gasteiger partial charge in [0.25, 0.3) is 0 Å². The predicted molar refractivity (Wildman–Crippen MR) is 78.6 cm³/mol. The Morgan fingerprint density at radius 3 is 2.40 bits per heavy atom. The van der Waals surface area contributed by atoms with Crippen LogP contribution in [0.1, 0.15) is 22.8 Å². The summed E-state index contributed by atoms with van der Waals surface area (Å²) in [5, 5.41) is 0. The van der Waals surface area contributed by atoms with Crippen molar-refractivity contribution in [1.82, 2.24) is 0 Å². The summed E-state index contributed by atoms with van der Waals surface area (Å²) in [7, 11) is 1.61. The quantitative estimate of drug-likeness (QED) is 0.753. The molecule has 0 saturated heterocycles. The molecule has 0 amide bonds. The first-order chi connectivity index (χ1) is 9.74. The van der Waals surface area contributed by atoms with Gasteiger partial charge in [0, 0.05) is 17.5 Å².